The number of pyridine rings is 1. The van der Waals surface area contributed by atoms with E-state index >= 15 is 0 Å². The van der Waals surface area contributed by atoms with Crippen molar-refractivity contribution in [3.05, 3.63) is 89.7 Å². The van der Waals surface area contributed by atoms with Gasteiger partial charge in [0.15, 0.2) is 6.10 Å². The number of amides is 1. The maximum Gasteiger partial charge on any atom is 0.265 e. The quantitative estimate of drug-likeness (QED) is 0.713. The normalized spacial score (nSPS) is 11.0. The number of aromatic nitrogens is 1. The smallest absolute Gasteiger partial charge is 0.265 e. The van der Waals surface area contributed by atoms with Gasteiger partial charge in [-0.15, -0.1) is 0 Å². The second kappa shape index (κ2) is 8.68. The van der Waals surface area contributed by atoms with E-state index in [9.17, 15) is 4.79 Å². The van der Waals surface area contributed by atoms with Gasteiger partial charge in [0.1, 0.15) is 11.4 Å². The number of benzene rings is 2. The van der Waals surface area contributed by atoms with Gasteiger partial charge in [0.2, 0.25) is 0 Å². The number of hydrogen-bond acceptors (Lipinski definition) is 3. The third kappa shape index (κ3) is 5.45. The summed E-state index contributed by atoms with van der Waals surface area (Å²) in [5, 5.41) is 2.86. The summed E-state index contributed by atoms with van der Waals surface area (Å²) in [5.74, 6) is 6.50. The molecule has 3 rings (SSSR count). The molecule has 0 bridgehead atoms. The predicted octanol–water partition coefficient (Wildman–Crippen LogP) is 4.20. The molecule has 0 aliphatic carbocycles. The van der Waals surface area contributed by atoms with Crippen LogP contribution in [0, 0.1) is 18.8 Å². The van der Waals surface area contributed by atoms with Gasteiger partial charge in [0, 0.05) is 17.4 Å². The Morgan fingerprint density at radius 3 is 2.59 bits per heavy atom. The van der Waals surface area contributed by atoms with Gasteiger partial charge >= 0.3 is 0 Å². The van der Waals surface area contributed by atoms with E-state index in [1.165, 1.54) is 0 Å². The van der Waals surface area contributed by atoms with Crippen LogP contribution in [0.3, 0.4) is 0 Å². The molecule has 2 aromatic carbocycles. The second-order valence-corrected chi connectivity index (χ2v) is 6.11. The maximum absolute atomic E-state index is 12.4. The van der Waals surface area contributed by atoms with Crippen LogP contribution in [0.15, 0.2) is 72.9 Å². The summed E-state index contributed by atoms with van der Waals surface area (Å²) >= 11 is 0. The highest BCUT2D eigenvalue weighted by Crippen LogP contribution is 2.15. The average molecular weight is 356 g/mol. The molecule has 1 N–H and O–H groups in total. The summed E-state index contributed by atoms with van der Waals surface area (Å²) in [7, 11) is 0. The van der Waals surface area contributed by atoms with Crippen LogP contribution in [0.5, 0.6) is 5.75 Å². The number of anilines is 1. The fourth-order valence-corrected chi connectivity index (χ4v) is 2.37. The molecule has 27 heavy (non-hydrogen) atoms. The summed E-state index contributed by atoms with van der Waals surface area (Å²) < 4.78 is 5.69. The molecule has 134 valence electrons. The molecule has 1 atom stereocenters. The molecule has 4 heteroatoms. The van der Waals surface area contributed by atoms with Crippen LogP contribution in [0.25, 0.3) is 0 Å². The average Bonchev–Trinajstić information content (AvgIpc) is 2.69. The molecule has 1 heterocycles. The lowest BCUT2D eigenvalue weighted by Gasteiger charge is -2.15. The van der Waals surface area contributed by atoms with Crippen molar-refractivity contribution in [2.24, 2.45) is 0 Å². The van der Waals surface area contributed by atoms with Crippen LogP contribution in [0.4, 0.5) is 5.69 Å². The SMILES string of the molecule is Cc1ccc(OC(C)C(=O)Nc2cccc(C#Cc3ccccn3)c2)cc1. The van der Waals surface area contributed by atoms with Gasteiger partial charge in [-0.05, 0) is 62.2 Å². The molecule has 0 fully saturated rings. The van der Waals surface area contributed by atoms with Gasteiger partial charge in [0.05, 0.1) is 0 Å². The topological polar surface area (TPSA) is 51.2 Å². The summed E-state index contributed by atoms with van der Waals surface area (Å²) in [5.41, 5.74) is 3.31. The Morgan fingerprint density at radius 1 is 1.04 bits per heavy atom. The minimum absolute atomic E-state index is 0.217. The maximum atomic E-state index is 12.4. The molecular weight excluding hydrogens is 336 g/mol. The van der Waals surface area contributed by atoms with E-state index in [0.717, 1.165) is 11.1 Å². The third-order valence-electron chi connectivity index (χ3n) is 3.83. The Balaban J connectivity index is 1.64. The first-order chi connectivity index (χ1) is 13.1. The van der Waals surface area contributed by atoms with Crippen LogP contribution >= 0.6 is 0 Å². The van der Waals surface area contributed by atoms with Crippen molar-refractivity contribution in [2.45, 2.75) is 20.0 Å². The second-order valence-electron chi connectivity index (χ2n) is 6.11. The molecule has 0 aliphatic rings. The number of nitrogens with zero attached hydrogens (tertiary/aromatic N) is 1. The van der Waals surface area contributed by atoms with Crippen molar-refractivity contribution in [1.29, 1.82) is 0 Å². The van der Waals surface area contributed by atoms with Crippen molar-refractivity contribution < 1.29 is 9.53 Å². The van der Waals surface area contributed by atoms with Crippen molar-refractivity contribution >= 4 is 11.6 Å². The van der Waals surface area contributed by atoms with Crippen molar-refractivity contribution in [1.82, 2.24) is 4.98 Å². The van der Waals surface area contributed by atoms with Gasteiger partial charge in [-0.2, -0.15) is 0 Å². The van der Waals surface area contributed by atoms with E-state index in [4.69, 9.17) is 4.74 Å². The molecule has 0 saturated heterocycles. The van der Waals surface area contributed by atoms with Crippen LogP contribution < -0.4 is 10.1 Å². The molecule has 1 unspecified atom stereocenters. The number of nitrogens with one attached hydrogen (secondary N) is 1. The molecule has 0 spiro atoms. The molecule has 0 radical (unpaired) electrons. The summed E-state index contributed by atoms with van der Waals surface area (Å²) in [6.45, 7) is 3.73. The van der Waals surface area contributed by atoms with E-state index in [2.05, 4.69) is 22.1 Å². The highest BCUT2D eigenvalue weighted by molar-refractivity contribution is 5.94. The number of carbonyl (C=O) groups is 1. The largest absolute Gasteiger partial charge is 0.481 e. The lowest BCUT2D eigenvalue weighted by molar-refractivity contribution is -0.122. The van der Waals surface area contributed by atoms with Crippen LogP contribution in [0.1, 0.15) is 23.7 Å². The Labute approximate surface area is 159 Å². The number of ether oxygens (including phenoxy) is 1. The van der Waals surface area contributed by atoms with E-state index in [1.54, 1.807) is 13.1 Å². The standard InChI is InChI=1S/C23H20N2O2/c1-17-9-13-22(14-10-17)27-18(2)23(26)25-21-8-5-6-19(16-21)11-12-20-7-3-4-15-24-20/h3-10,13-16,18H,1-2H3,(H,25,26). The molecule has 0 saturated carbocycles. The molecule has 0 aliphatic heterocycles. The van der Waals surface area contributed by atoms with E-state index < -0.39 is 6.10 Å². The summed E-state index contributed by atoms with van der Waals surface area (Å²) in [6.07, 6.45) is 1.09. The lowest BCUT2D eigenvalue weighted by Crippen LogP contribution is -2.30. The van der Waals surface area contributed by atoms with Crippen molar-refractivity contribution in [3.8, 4) is 17.6 Å². The fraction of sp³-hybridized carbons (Fsp3) is 0.130. The number of hydrogen-bond donors (Lipinski definition) is 1. The zero-order chi connectivity index (χ0) is 19.1. The first kappa shape index (κ1) is 18.2. The molecule has 1 aromatic heterocycles. The molecule has 3 aromatic rings. The fourth-order valence-electron chi connectivity index (χ4n) is 2.37. The van der Waals surface area contributed by atoms with Gasteiger partial charge in [-0.25, -0.2) is 4.98 Å². The minimum atomic E-state index is -0.615. The molecule has 1 amide bonds. The Morgan fingerprint density at radius 2 is 1.85 bits per heavy atom. The number of aryl methyl sites for hydroxylation is 1. The third-order valence-corrected chi connectivity index (χ3v) is 3.83. The summed E-state index contributed by atoms with van der Waals surface area (Å²) in [6, 6.07) is 20.6. The van der Waals surface area contributed by atoms with Crippen molar-refractivity contribution in [2.75, 3.05) is 5.32 Å². The van der Waals surface area contributed by atoms with Crippen LogP contribution in [-0.2, 0) is 4.79 Å². The van der Waals surface area contributed by atoms with Gasteiger partial charge in [-0.3, -0.25) is 4.79 Å². The zero-order valence-electron chi connectivity index (χ0n) is 15.3. The Bertz CT molecular complexity index is 971. The molecule has 4 nitrogen and oxygen atoms in total. The van der Waals surface area contributed by atoms with Gasteiger partial charge < -0.3 is 10.1 Å². The van der Waals surface area contributed by atoms with E-state index in [0.29, 0.717) is 17.1 Å². The van der Waals surface area contributed by atoms with Gasteiger partial charge in [0.25, 0.3) is 5.91 Å². The summed E-state index contributed by atoms with van der Waals surface area (Å²) in [4.78, 5) is 16.6. The first-order valence-electron chi connectivity index (χ1n) is 8.67. The number of rotatable bonds is 4. The van der Waals surface area contributed by atoms with Crippen LogP contribution in [0.2, 0.25) is 0 Å². The van der Waals surface area contributed by atoms with Crippen LogP contribution in [-0.4, -0.2) is 17.0 Å². The first-order valence-corrected chi connectivity index (χ1v) is 8.67. The molecular formula is C23H20N2O2. The zero-order valence-corrected chi connectivity index (χ0v) is 15.3. The highest BCUT2D eigenvalue weighted by Gasteiger charge is 2.14. The van der Waals surface area contributed by atoms with E-state index in [-0.39, 0.29) is 5.91 Å². The highest BCUT2D eigenvalue weighted by atomic mass is 16.5. The number of carbonyl (C=O) groups excluding carboxylic acids is 1. The van der Waals surface area contributed by atoms with Gasteiger partial charge in [-0.1, -0.05) is 35.7 Å². The monoisotopic (exact) mass is 356 g/mol. The van der Waals surface area contributed by atoms with Crippen molar-refractivity contribution in [3.63, 3.8) is 0 Å². The predicted molar refractivity (Wildman–Crippen MR) is 107 cm³/mol. The lowest BCUT2D eigenvalue weighted by atomic mass is 10.2. The Hall–Kier alpha value is -3.58. The Kier molecular flexibility index (Phi) is 5.86. The van der Waals surface area contributed by atoms with E-state index in [1.807, 2.05) is 73.7 Å². The minimum Gasteiger partial charge on any atom is -0.481 e.